The molecule has 0 spiro atoms. The van der Waals surface area contributed by atoms with Crippen molar-refractivity contribution >= 4 is 49.5 Å². The van der Waals surface area contributed by atoms with E-state index in [2.05, 4.69) is 111 Å². The predicted molar refractivity (Wildman–Crippen MR) is 149 cm³/mol. The zero-order chi connectivity index (χ0) is 24.3. The number of nitrogens with zero attached hydrogens (tertiary/aromatic N) is 5. The highest BCUT2D eigenvalue weighted by Gasteiger charge is 2.22. The van der Waals surface area contributed by atoms with Gasteiger partial charge in [-0.3, -0.25) is 4.40 Å². The van der Waals surface area contributed by atoms with Crippen molar-refractivity contribution in [3.63, 3.8) is 0 Å². The Morgan fingerprint density at radius 1 is 0.568 bits per heavy atom. The molecule has 0 saturated heterocycles. The van der Waals surface area contributed by atoms with Crippen molar-refractivity contribution in [1.82, 2.24) is 24.3 Å². The van der Waals surface area contributed by atoms with E-state index in [9.17, 15) is 0 Å². The first-order valence-corrected chi connectivity index (χ1v) is 12.2. The highest BCUT2D eigenvalue weighted by atomic mass is 15.1. The third kappa shape index (κ3) is 2.91. The van der Waals surface area contributed by atoms with Gasteiger partial charge in [-0.25, -0.2) is 19.9 Å². The average Bonchev–Trinajstić information content (AvgIpc) is 3.38. The Morgan fingerprint density at radius 3 is 2.03 bits per heavy atom. The number of aromatic nitrogens is 5. The summed E-state index contributed by atoms with van der Waals surface area (Å²) in [6, 6.07) is 36.2. The molecule has 0 N–H and O–H groups in total. The minimum atomic E-state index is 0.533. The molecule has 8 aromatic rings. The van der Waals surface area contributed by atoms with Gasteiger partial charge in [0, 0.05) is 28.7 Å². The molecule has 0 aliphatic carbocycles. The van der Waals surface area contributed by atoms with Crippen LogP contribution in [0.4, 0.5) is 0 Å². The summed E-state index contributed by atoms with van der Waals surface area (Å²) in [6.07, 6.45) is 3.33. The van der Waals surface area contributed by atoms with Crippen molar-refractivity contribution in [1.29, 1.82) is 0 Å². The lowest BCUT2D eigenvalue weighted by molar-refractivity contribution is 1.16. The highest BCUT2D eigenvalue weighted by Crippen LogP contribution is 2.42. The summed E-state index contributed by atoms with van der Waals surface area (Å²) in [5, 5.41) is 4.58. The maximum atomic E-state index is 5.06. The molecule has 0 bridgehead atoms. The Balaban J connectivity index is 1.72. The fourth-order valence-electron chi connectivity index (χ4n) is 5.49. The van der Waals surface area contributed by atoms with Gasteiger partial charge in [0.1, 0.15) is 5.52 Å². The van der Waals surface area contributed by atoms with E-state index >= 15 is 0 Å². The minimum absolute atomic E-state index is 0.533. The molecule has 4 aromatic carbocycles. The van der Waals surface area contributed by atoms with Crippen LogP contribution in [0.3, 0.4) is 0 Å². The smallest absolute Gasteiger partial charge is 0.199 e. The van der Waals surface area contributed by atoms with E-state index in [1.165, 1.54) is 10.8 Å². The second-order valence-electron chi connectivity index (χ2n) is 9.17. The summed E-state index contributed by atoms with van der Waals surface area (Å²) in [6.45, 7) is 0. The number of pyridine rings is 1. The first kappa shape index (κ1) is 20.1. The molecule has 0 atom stereocenters. The van der Waals surface area contributed by atoms with E-state index in [0.717, 1.165) is 49.8 Å². The maximum absolute atomic E-state index is 5.06. The third-order valence-electron chi connectivity index (χ3n) is 7.09. The monoisotopic (exact) mass is 473 g/mol. The number of hydrogen-bond acceptors (Lipinski definition) is 4. The fourth-order valence-corrected chi connectivity index (χ4v) is 5.49. The van der Waals surface area contributed by atoms with Crippen molar-refractivity contribution in [3.8, 4) is 22.4 Å². The first-order valence-electron chi connectivity index (χ1n) is 12.2. The van der Waals surface area contributed by atoms with Gasteiger partial charge in [-0.15, -0.1) is 0 Å². The van der Waals surface area contributed by atoms with E-state index in [1.54, 1.807) is 12.4 Å². The van der Waals surface area contributed by atoms with Gasteiger partial charge in [0.15, 0.2) is 16.9 Å². The lowest BCUT2D eigenvalue weighted by Gasteiger charge is -2.14. The summed E-state index contributed by atoms with van der Waals surface area (Å²) in [7, 11) is 0. The van der Waals surface area contributed by atoms with E-state index in [0.29, 0.717) is 11.3 Å². The summed E-state index contributed by atoms with van der Waals surface area (Å²) in [5.41, 5.74) is 8.26. The van der Waals surface area contributed by atoms with Crippen LogP contribution in [0.15, 0.2) is 116 Å². The van der Waals surface area contributed by atoms with Crippen molar-refractivity contribution in [2.75, 3.05) is 0 Å². The summed E-state index contributed by atoms with van der Waals surface area (Å²) in [5.74, 6) is 0. The van der Waals surface area contributed by atoms with Crippen molar-refractivity contribution < 1.29 is 0 Å². The van der Waals surface area contributed by atoms with E-state index in [4.69, 9.17) is 9.97 Å². The SMILES string of the molecule is c1ccc(-c2cc(-c3ccccc3)n3c4nc5nccnc5nc4c4ccc5ccccc5c4c23)cc1. The van der Waals surface area contributed by atoms with Crippen LogP contribution in [0.5, 0.6) is 0 Å². The van der Waals surface area contributed by atoms with E-state index < -0.39 is 0 Å². The molecule has 0 radical (unpaired) electrons. The maximum Gasteiger partial charge on any atom is 0.199 e. The molecule has 37 heavy (non-hydrogen) atoms. The highest BCUT2D eigenvalue weighted by molar-refractivity contribution is 6.24. The second-order valence-corrected chi connectivity index (χ2v) is 9.17. The molecule has 4 aromatic heterocycles. The zero-order valence-corrected chi connectivity index (χ0v) is 19.7. The van der Waals surface area contributed by atoms with Crippen LogP contribution < -0.4 is 0 Å². The van der Waals surface area contributed by atoms with Crippen LogP contribution >= 0.6 is 0 Å². The van der Waals surface area contributed by atoms with Gasteiger partial charge < -0.3 is 0 Å². The standard InChI is InChI=1S/C32H19N5/c1-3-9-20(10-4-1)25-19-26(22-12-5-2-6-13-22)37-29(25)27-23-14-8-7-11-21(23)15-16-24(27)28-32(37)36-31-30(35-28)33-17-18-34-31/h1-19H. The van der Waals surface area contributed by atoms with Crippen LogP contribution in [-0.2, 0) is 0 Å². The topological polar surface area (TPSA) is 56.0 Å². The molecule has 0 unspecified atom stereocenters. The molecule has 8 rings (SSSR count). The Morgan fingerprint density at radius 2 is 1.24 bits per heavy atom. The van der Waals surface area contributed by atoms with Gasteiger partial charge in [0.25, 0.3) is 0 Å². The summed E-state index contributed by atoms with van der Waals surface area (Å²) < 4.78 is 2.27. The van der Waals surface area contributed by atoms with Gasteiger partial charge in [-0.05, 0) is 28.0 Å². The lowest BCUT2D eigenvalue weighted by Crippen LogP contribution is -2.01. The average molecular weight is 474 g/mol. The Hall–Kier alpha value is -5.16. The summed E-state index contributed by atoms with van der Waals surface area (Å²) >= 11 is 0. The molecule has 0 fully saturated rings. The quantitative estimate of drug-likeness (QED) is 0.193. The number of benzene rings is 4. The molecule has 5 heteroatoms. The van der Waals surface area contributed by atoms with Gasteiger partial charge in [0.05, 0.1) is 11.2 Å². The first-order chi connectivity index (χ1) is 18.4. The third-order valence-corrected chi connectivity index (χ3v) is 7.09. The van der Waals surface area contributed by atoms with Gasteiger partial charge in [0.2, 0.25) is 0 Å². The number of fused-ring (bicyclic) bond motifs is 9. The second kappa shape index (κ2) is 7.67. The number of hydrogen-bond donors (Lipinski definition) is 0. The largest absolute Gasteiger partial charge is 0.291 e. The Bertz CT molecular complexity index is 2120. The lowest BCUT2D eigenvalue weighted by atomic mass is 9.98. The Labute approximate surface area is 211 Å². The van der Waals surface area contributed by atoms with Crippen LogP contribution in [-0.4, -0.2) is 24.3 Å². The fraction of sp³-hybridized carbons (Fsp3) is 0. The van der Waals surface area contributed by atoms with Gasteiger partial charge in [-0.2, -0.15) is 0 Å². The molecule has 0 saturated carbocycles. The van der Waals surface area contributed by atoms with Crippen LogP contribution in [0.1, 0.15) is 0 Å². The molecule has 5 nitrogen and oxygen atoms in total. The molecular weight excluding hydrogens is 454 g/mol. The van der Waals surface area contributed by atoms with Crippen LogP contribution in [0, 0.1) is 0 Å². The van der Waals surface area contributed by atoms with E-state index in [1.807, 2.05) is 6.07 Å². The zero-order valence-electron chi connectivity index (χ0n) is 19.7. The molecule has 0 aliphatic rings. The minimum Gasteiger partial charge on any atom is -0.291 e. The summed E-state index contributed by atoms with van der Waals surface area (Å²) in [4.78, 5) is 19.0. The van der Waals surface area contributed by atoms with Gasteiger partial charge in [-0.1, -0.05) is 97.1 Å². The van der Waals surface area contributed by atoms with Crippen LogP contribution in [0.25, 0.3) is 71.9 Å². The van der Waals surface area contributed by atoms with Crippen molar-refractivity contribution in [2.45, 2.75) is 0 Å². The van der Waals surface area contributed by atoms with Crippen LogP contribution in [0.2, 0.25) is 0 Å². The molecule has 172 valence electrons. The number of rotatable bonds is 2. The molecule has 0 amide bonds. The molecule has 4 heterocycles. The van der Waals surface area contributed by atoms with E-state index in [-0.39, 0.29) is 0 Å². The predicted octanol–water partition coefficient (Wildman–Crippen LogP) is 7.47. The normalized spacial score (nSPS) is 11.8. The molecule has 0 aliphatic heterocycles. The van der Waals surface area contributed by atoms with Crippen molar-refractivity contribution in [2.24, 2.45) is 0 Å². The van der Waals surface area contributed by atoms with Crippen molar-refractivity contribution in [3.05, 3.63) is 116 Å². The van der Waals surface area contributed by atoms with Gasteiger partial charge >= 0.3 is 0 Å². The molecular formula is C32H19N5. The Kier molecular flexibility index (Phi) is 4.16.